The number of hydrogen-bond acceptors (Lipinski definition) is 6. The number of aliphatic hydroxyl groups is 1. The number of hydrogen-bond donors (Lipinski definition) is 1. The SMILES string of the molecule is CCCCCC[C@@H](C)[C@H]1C(=O)C(O)=C2[C@H](O[Si](C)(C)C(C)(C)C)[C@H](C)C[C@H](O[Si](C)(C)C(C)(C)C)[C@H]2[C@]1(C)COCc1ccc(OC)cc1. The second kappa shape index (κ2) is 16.1. The van der Waals surface area contributed by atoms with Crippen molar-refractivity contribution in [2.75, 3.05) is 13.7 Å². The standard InChI is InChI=1S/C41H72O6Si2/c1-16-17-18-19-20-28(2)34-37(43)36(42)33-35(41(34,10)27-45-26-30-21-23-31(44-11)24-22-30)32(46-48(12,13)39(4,5)6)25-29(3)38(33)47-49(14,15)40(7,8)9/h21-24,28-29,32,34-35,38,42H,16-20,25-27H2,1-15H3/t28-,29-,32+,34+,35-,38-,41-/m1/s1. The summed E-state index contributed by atoms with van der Waals surface area (Å²) in [5.74, 6) is 0.143. The number of aliphatic hydroxyl groups excluding tert-OH is 1. The van der Waals surface area contributed by atoms with Crippen LogP contribution < -0.4 is 4.74 Å². The van der Waals surface area contributed by atoms with Crippen LogP contribution in [0.1, 0.15) is 113 Å². The molecule has 1 N–H and O–H groups in total. The molecule has 49 heavy (non-hydrogen) atoms. The number of fused-ring (bicyclic) bond motifs is 1. The summed E-state index contributed by atoms with van der Waals surface area (Å²) < 4.78 is 26.7. The van der Waals surface area contributed by atoms with Crippen molar-refractivity contribution in [3.05, 3.63) is 41.2 Å². The van der Waals surface area contributed by atoms with Crippen LogP contribution in [0.3, 0.4) is 0 Å². The van der Waals surface area contributed by atoms with Gasteiger partial charge in [-0.15, -0.1) is 0 Å². The Kier molecular flexibility index (Phi) is 13.7. The maximum Gasteiger partial charge on any atom is 0.201 e. The van der Waals surface area contributed by atoms with Crippen LogP contribution in [0.4, 0.5) is 0 Å². The van der Waals surface area contributed by atoms with Crippen LogP contribution in [0.5, 0.6) is 5.75 Å². The van der Waals surface area contributed by atoms with Gasteiger partial charge < -0.3 is 23.4 Å². The molecular formula is C41H72O6Si2. The molecule has 3 rings (SSSR count). The predicted molar refractivity (Wildman–Crippen MR) is 208 cm³/mol. The smallest absolute Gasteiger partial charge is 0.201 e. The molecule has 0 radical (unpaired) electrons. The van der Waals surface area contributed by atoms with E-state index in [0.717, 1.165) is 42.6 Å². The van der Waals surface area contributed by atoms with Crippen LogP contribution in [0.2, 0.25) is 36.3 Å². The first-order chi connectivity index (χ1) is 22.5. The van der Waals surface area contributed by atoms with Gasteiger partial charge in [0, 0.05) is 22.8 Å². The molecule has 1 aromatic carbocycles. The minimum Gasteiger partial charge on any atom is -0.504 e. The van der Waals surface area contributed by atoms with Crippen molar-refractivity contribution in [2.45, 2.75) is 163 Å². The molecule has 6 nitrogen and oxygen atoms in total. The molecule has 1 aromatic rings. The molecule has 1 saturated carbocycles. The highest BCUT2D eigenvalue weighted by Crippen LogP contribution is 2.58. The lowest BCUT2D eigenvalue weighted by molar-refractivity contribution is -0.146. The van der Waals surface area contributed by atoms with Crippen LogP contribution >= 0.6 is 0 Å². The minimum atomic E-state index is -2.28. The lowest BCUT2D eigenvalue weighted by atomic mass is 9.52. The Balaban J connectivity index is 2.20. The van der Waals surface area contributed by atoms with Gasteiger partial charge in [-0.2, -0.15) is 0 Å². The Morgan fingerprint density at radius 3 is 2.04 bits per heavy atom. The fourth-order valence-corrected chi connectivity index (χ4v) is 10.4. The van der Waals surface area contributed by atoms with E-state index in [2.05, 4.69) is 95.4 Å². The highest BCUT2D eigenvalue weighted by atomic mass is 28.4. The van der Waals surface area contributed by atoms with Crippen molar-refractivity contribution in [1.82, 2.24) is 0 Å². The number of carbonyl (C=O) groups is 1. The van der Waals surface area contributed by atoms with Crippen molar-refractivity contribution in [2.24, 2.45) is 29.1 Å². The van der Waals surface area contributed by atoms with E-state index in [4.69, 9.17) is 18.3 Å². The summed E-state index contributed by atoms with van der Waals surface area (Å²) in [4.78, 5) is 14.7. The summed E-state index contributed by atoms with van der Waals surface area (Å²) in [7, 11) is -2.85. The summed E-state index contributed by atoms with van der Waals surface area (Å²) in [6.07, 6.45) is 5.82. The van der Waals surface area contributed by atoms with Gasteiger partial charge in [-0.25, -0.2) is 0 Å². The lowest BCUT2D eigenvalue weighted by Gasteiger charge is -2.58. The van der Waals surface area contributed by atoms with Crippen LogP contribution in [-0.4, -0.2) is 53.4 Å². The number of benzene rings is 1. The Morgan fingerprint density at radius 2 is 1.51 bits per heavy atom. The topological polar surface area (TPSA) is 74.2 Å². The van der Waals surface area contributed by atoms with Gasteiger partial charge >= 0.3 is 0 Å². The molecule has 8 heteroatoms. The number of unbranched alkanes of at least 4 members (excludes halogenated alkanes) is 3. The number of carbonyl (C=O) groups excluding carboxylic acids is 1. The summed E-state index contributed by atoms with van der Waals surface area (Å²) in [6, 6.07) is 7.98. The molecule has 0 aliphatic heterocycles. The quantitative estimate of drug-likeness (QED) is 0.144. The van der Waals surface area contributed by atoms with E-state index >= 15 is 0 Å². The molecule has 0 unspecified atom stereocenters. The third kappa shape index (κ3) is 9.32. The Morgan fingerprint density at radius 1 is 0.939 bits per heavy atom. The van der Waals surface area contributed by atoms with E-state index in [1.54, 1.807) is 7.11 Å². The first-order valence-corrected chi connectivity index (χ1v) is 24.9. The molecule has 2 aliphatic rings. The molecule has 0 saturated heterocycles. The van der Waals surface area contributed by atoms with Crippen molar-refractivity contribution in [3.63, 3.8) is 0 Å². The Labute approximate surface area is 302 Å². The Bertz CT molecular complexity index is 1270. The molecule has 0 spiro atoms. The van der Waals surface area contributed by atoms with Crippen LogP contribution in [0, 0.1) is 29.1 Å². The van der Waals surface area contributed by atoms with Crippen LogP contribution in [0.15, 0.2) is 35.6 Å². The Hall–Kier alpha value is -1.46. The van der Waals surface area contributed by atoms with Crippen LogP contribution in [-0.2, 0) is 25.0 Å². The van der Waals surface area contributed by atoms with Gasteiger partial charge in [-0.1, -0.05) is 107 Å². The predicted octanol–water partition coefficient (Wildman–Crippen LogP) is 11.3. The number of Topliss-reactive ketones (excluding diaryl/α,β-unsaturated/α-hetero) is 1. The third-order valence-corrected chi connectivity index (χ3v) is 21.7. The van der Waals surface area contributed by atoms with Gasteiger partial charge in [0.15, 0.2) is 22.4 Å². The molecule has 0 aromatic heterocycles. The summed E-state index contributed by atoms with van der Waals surface area (Å²) >= 11 is 0. The third-order valence-electron chi connectivity index (χ3n) is 12.7. The minimum absolute atomic E-state index is 0.00831. The van der Waals surface area contributed by atoms with Crippen LogP contribution in [0.25, 0.3) is 0 Å². The number of ether oxygens (including phenoxy) is 2. The molecule has 0 heterocycles. The largest absolute Gasteiger partial charge is 0.504 e. The molecule has 0 amide bonds. The molecule has 0 bridgehead atoms. The van der Waals surface area contributed by atoms with Crippen molar-refractivity contribution in [1.29, 1.82) is 0 Å². The molecule has 1 fully saturated rings. The zero-order chi connectivity index (χ0) is 37.2. The lowest BCUT2D eigenvalue weighted by Crippen LogP contribution is -2.62. The average molecular weight is 717 g/mol. The fraction of sp³-hybridized carbons (Fsp3) is 0.780. The summed E-state index contributed by atoms with van der Waals surface area (Å²) in [5.41, 5.74) is 1.21. The number of ketones is 1. The zero-order valence-electron chi connectivity index (χ0n) is 33.9. The van der Waals surface area contributed by atoms with Gasteiger partial charge in [0.25, 0.3) is 0 Å². The van der Waals surface area contributed by atoms with Gasteiger partial charge in [-0.3, -0.25) is 4.79 Å². The number of allylic oxidation sites excluding steroid dienone is 1. The van der Waals surface area contributed by atoms with E-state index in [-0.39, 0.29) is 51.6 Å². The van der Waals surface area contributed by atoms with Crippen molar-refractivity contribution >= 4 is 22.4 Å². The average Bonchev–Trinajstić information content (AvgIpc) is 2.98. The van der Waals surface area contributed by atoms with Gasteiger partial charge in [0.05, 0.1) is 32.5 Å². The summed E-state index contributed by atoms with van der Waals surface area (Å²) in [6.45, 7) is 32.5. The second-order valence-corrected chi connectivity index (χ2v) is 28.2. The van der Waals surface area contributed by atoms with Crippen molar-refractivity contribution < 1.29 is 28.2 Å². The summed E-state index contributed by atoms with van der Waals surface area (Å²) in [5, 5.41) is 12.2. The highest BCUT2D eigenvalue weighted by Gasteiger charge is 2.61. The van der Waals surface area contributed by atoms with Gasteiger partial charge in [0.2, 0.25) is 5.78 Å². The van der Waals surface area contributed by atoms with E-state index in [0.29, 0.717) is 13.2 Å². The fourth-order valence-electron chi connectivity index (χ4n) is 7.76. The monoisotopic (exact) mass is 716 g/mol. The number of rotatable bonds is 15. The zero-order valence-corrected chi connectivity index (χ0v) is 35.9. The second-order valence-electron chi connectivity index (χ2n) is 18.7. The first kappa shape index (κ1) is 42.0. The molecule has 7 atom stereocenters. The first-order valence-electron chi connectivity index (χ1n) is 19.1. The molecular weight excluding hydrogens is 645 g/mol. The molecule has 280 valence electrons. The van der Waals surface area contributed by atoms with E-state index < -0.39 is 28.0 Å². The van der Waals surface area contributed by atoms with Gasteiger partial charge in [0.1, 0.15) is 5.75 Å². The number of methoxy groups -OCH3 is 1. The normalized spacial score (nSPS) is 27.7. The van der Waals surface area contributed by atoms with Gasteiger partial charge in [-0.05, 0) is 78.6 Å². The van der Waals surface area contributed by atoms with E-state index in [9.17, 15) is 9.90 Å². The highest BCUT2D eigenvalue weighted by molar-refractivity contribution is 6.74. The maximum absolute atomic E-state index is 14.7. The maximum atomic E-state index is 14.7. The van der Waals surface area contributed by atoms with E-state index in [1.165, 1.54) is 12.8 Å². The van der Waals surface area contributed by atoms with E-state index in [1.807, 2.05) is 24.3 Å². The molecule has 2 aliphatic carbocycles. The van der Waals surface area contributed by atoms with Crippen molar-refractivity contribution in [3.8, 4) is 5.75 Å².